The third kappa shape index (κ3) is 4.12. The number of alkyl halides is 3. The second-order valence-corrected chi connectivity index (χ2v) is 5.92. The van der Waals surface area contributed by atoms with Gasteiger partial charge in [-0.1, -0.05) is 23.9 Å². The molecule has 0 aliphatic heterocycles. The highest BCUT2D eigenvalue weighted by molar-refractivity contribution is 7.98. The summed E-state index contributed by atoms with van der Waals surface area (Å²) in [5, 5.41) is 12.3. The molecule has 1 heterocycles. The van der Waals surface area contributed by atoms with E-state index in [1.807, 2.05) is 6.07 Å². The number of hydrogen-bond donors (Lipinski definition) is 0. The molecule has 0 saturated heterocycles. The summed E-state index contributed by atoms with van der Waals surface area (Å²) in [6, 6.07) is 7.00. The Hall–Kier alpha value is -1.77. The first kappa shape index (κ1) is 15.1. The molecular formula is C13H13F3N4OS. The number of rotatable bonds is 6. The van der Waals surface area contributed by atoms with Crippen LogP contribution in [0.2, 0.25) is 0 Å². The molecule has 1 saturated carbocycles. The molecule has 0 unspecified atom stereocenters. The smallest absolute Gasteiger partial charge is 0.422 e. The van der Waals surface area contributed by atoms with Gasteiger partial charge in [-0.25, -0.2) is 4.68 Å². The molecule has 0 bridgehead atoms. The van der Waals surface area contributed by atoms with E-state index in [0.29, 0.717) is 11.8 Å². The highest BCUT2D eigenvalue weighted by atomic mass is 32.2. The lowest BCUT2D eigenvalue weighted by molar-refractivity contribution is -0.153. The Morgan fingerprint density at radius 2 is 2.14 bits per heavy atom. The lowest BCUT2D eigenvalue weighted by Gasteiger charge is -2.10. The number of aromatic nitrogens is 4. The summed E-state index contributed by atoms with van der Waals surface area (Å²) in [7, 11) is 0. The van der Waals surface area contributed by atoms with E-state index in [2.05, 4.69) is 15.5 Å². The molecule has 0 spiro atoms. The second kappa shape index (κ2) is 6.15. The molecule has 1 aliphatic carbocycles. The van der Waals surface area contributed by atoms with Crippen molar-refractivity contribution in [2.45, 2.75) is 36.0 Å². The Bertz CT molecular complexity index is 642. The minimum Gasteiger partial charge on any atom is -0.484 e. The van der Waals surface area contributed by atoms with Gasteiger partial charge in [-0.05, 0) is 41.0 Å². The van der Waals surface area contributed by atoms with Crippen LogP contribution in [-0.4, -0.2) is 33.0 Å². The molecule has 2 aromatic rings. The quantitative estimate of drug-likeness (QED) is 0.761. The van der Waals surface area contributed by atoms with Crippen molar-refractivity contribution in [3.05, 3.63) is 29.8 Å². The van der Waals surface area contributed by atoms with E-state index in [1.165, 1.54) is 17.8 Å². The fourth-order valence-corrected chi connectivity index (χ4v) is 2.75. The Morgan fingerprint density at radius 1 is 1.32 bits per heavy atom. The van der Waals surface area contributed by atoms with E-state index in [4.69, 9.17) is 4.74 Å². The zero-order chi connectivity index (χ0) is 15.6. The summed E-state index contributed by atoms with van der Waals surface area (Å²) >= 11 is 1.46. The van der Waals surface area contributed by atoms with Crippen molar-refractivity contribution >= 4 is 11.8 Å². The van der Waals surface area contributed by atoms with Gasteiger partial charge in [0.2, 0.25) is 5.16 Å². The van der Waals surface area contributed by atoms with E-state index in [9.17, 15) is 13.2 Å². The second-order valence-electron chi connectivity index (χ2n) is 4.98. The van der Waals surface area contributed by atoms with Gasteiger partial charge in [0.15, 0.2) is 6.61 Å². The third-order valence-corrected chi connectivity index (χ3v) is 4.03. The first-order valence-corrected chi connectivity index (χ1v) is 7.69. The van der Waals surface area contributed by atoms with Gasteiger partial charge >= 0.3 is 6.18 Å². The average molecular weight is 330 g/mol. The van der Waals surface area contributed by atoms with Crippen molar-refractivity contribution in [1.29, 1.82) is 0 Å². The van der Waals surface area contributed by atoms with Crippen LogP contribution >= 0.6 is 11.8 Å². The number of ether oxygens (including phenoxy) is 1. The molecule has 1 aromatic heterocycles. The van der Waals surface area contributed by atoms with E-state index >= 15 is 0 Å². The minimum absolute atomic E-state index is 0.206. The van der Waals surface area contributed by atoms with Gasteiger partial charge in [-0.15, -0.1) is 5.10 Å². The summed E-state index contributed by atoms with van der Waals surface area (Å²) in [6.07, 6.45) is -2.17. The fraction of sp³-hybridized carbons (Fsp3) is 0.462. The Labute approximate surface area is 128 Å². The SMILES string of the molecule is FC(F)(F)COc1cccc(CSc2nnnn2C2CC2)c1. The summed E-state index contributed by atoms with van der Waals surface area (Å²) in [4.78, 5) is 0. The van der Waals surface area contributed by atoms with Crippen molar-refractivity contribution in [2.24, 2.45) is 0 Å². The minimum atomic E-state index is -4.34. The normalized spacial score (nSPS) is 15.0. The first-order chi connectivity index (χ1) is 10.5. The summed E-state index contributed by atoms with van der Waals surface area (Å²) in [5.41, 5.74) is 0.857. The van der Waals surface area contributed by atoms with E-state index < -0.39 is 12.8 Å². The lowest BCUT2D eigenvalue weighted by atomic mass is 10.2. The molecule has 3 rings (SSSR count). The topological polar surface area (TPSA) is 52.8 Å². The molecular weight excluding hydrogens is 317 g/mol. The standard InChI is InChI=1S/C13H13F3N4OS/c14-13(15,16)8-21-11-3-1-2-9(6-11)7-22-12-17-18-19-20(12)10-4-5-10/h1-3,6,10H,4-5,7-8H2. The van der Waals surface area contributed by atoms with Gasteiger partial charge in [0.05, 0.1) is 6.04 Å². The Morgan fingerprint density at radius 3 is 2.86 bits per heavy atom. The predicted octanol–water partition coefficient (Wildman–Crippen LogP) is 3.24. The molecule has 22 heavy (non-hydrogen) atoms. The van der Waals surface area contributed by atoms with Crippen molar-refractivity contribution in [1.82, 2.24) is 20.2 Å². The van der Waals surface area contributed by atoms with Crippen molar-refractivity contribution in [3.63, 3.8) is 0 Å². The van der Waals surface area contributed by atoms with Gasteiger partial charge in [0, 0.05) is 5.75 Å². The Balaban J connectivity index is 1.59. The maximum Gasteiger partial charge on any atom is 0.422 e. The number of benzene rings is 1. The number of hydrogen-bond acceptors (Lipinski definition) is 5. The van der Waals surface area contributed by atoms with Gasteiger partial charge in [-0.3, -0.25) is 0 Å². The van der Waals surface area contributed by atoms with Gasteiger partial charge in [-0.2, -0.15) is 13.2 Å². The predicted molar refractivity (Wildman–Crippen MR) is 73.6 cm³/mol. The largest absolute Gasteiger partial charge is 0.484 e. The van der Waals surface area contributed by atoms with Crippen LogP contribution in [0.25, 0.3) is 0 Å². The molecule has 1 fully saturated rings. The van der Waals surface area contributed by atoms with Crippen molar-refractivity contribution < 1.29 is 17.9 Å². The summed E-state index contributed by atoms with van der Waals surface area (Å²) in [5.74, 6) is 0.772. The van der Waals surface area contributed by atoms with E-state index in [0.717, 1.165) is 23.6 Å². The first-order valence-electron chi connectivity index (χ1n) is 6.70. The monoisotopic (exact) mass is 330 g/mol. The number of thioether (sulfide) groups is 1. The zero-order valence-electron chi connectivity index (χ0n) is 11.5. The maximum absolute atomic E-state index is 12.1. The van der Waals surface area contributed by atoms with Crippen LogP contribution in [0.1, 0.15) is 24.4 Å². The number of nitrogens with zero attached hydrogens (tertiary/aromatic N) is 4. The summed E-state index contributed by atoms with van der Waals surface area (Å²) in [6.45, 7) is -1.29. The van der Waals surface area contributed by atoms with Gasteiger partial charge in [0.1, 0.15) is 5.75 Å². The average Bonchev–Trinajstić information content (AvgIpc) is 3.21. The van der Waals surface area contributed by atoms with Gasteiger partial charge < -0.3 is 4.74 Å². The zero-order valence-corrected chi connectivity index (χ0v) is 12.3. The van der Waals surface area contributed by atoms with Crippen molar-refractivity contribution in [3.8, 4) is 5.75 Å². The van der Waals surface area contributed by atoms with Crippen LogP contribution in [0, 0.1) is 0 Å². The number of halogens is 3. The van der Waals surface area contributed by atoms with Crippen molar-refractivity contribution in [2.75, 3.05) is 6.61 Å². The molecule has 1 aliphatic rings. The molecule has 0 atom stereocenters. The molecule has 118 valence electrons. The number of tetrazole rings is 1. The van der Waals surface area contributed by atoms with Crippen LogP contribution in [0.3, 0.4) is 0 Å². The van der Waals surface area contributed by atoms with Crippen LogP contribution in [0.15, 0.2) is 29.4 Å². The third-order valence-electron chi connectivity index (χ3n) is 3.02. The maximum atomic E-state index is 12.1. The molecule has 0 N–H and O–H groups in total. The van der Waals surface area contributed by atoms with Crippen LogP contribution in [-0.2, 0) is 5.75 Å². The van der Waals surface area contributed by atoms with Crippen LogP contribution < -0.4 is 4.74 Å². The van der Waals surface area contributed by atoms with E-state index in [1.54, 1.807) is 16.8 Å². The molecule has 0 amide bonds. The highest BCUT2D eigenvalue weighted by Crippen LogP contribution is 2.37. The molecule has 5 nitrogen and oxygen atoms in total. The van der Waals surface area contributed by atoms with Gasteiger partial charge in [0.25, 0.3) is 0 Å². The molecule has 9 heteroatoms. The lowest BCUT2D eigenvalue weighted by Crippen LogP contribution is -2.19. The Kier molecular flexibility index (Phi) is 4.23. The molecule has 1 aromatic carbocycles. The summed E-state index contributed by atoms with van der Waals surface area (Å²) < 4.78 is 43.0. The molecule has 0 radical (unpaired) electrons. The fourth-order valence-electron chi connectivity index (χ4n) is 1.87. The van der Waals surface area contributed by atoms with E-state index in [-0.39, 0.29) is 5.75 Å². The highest BCUT2D eigenvalue weighted by Gasteiger charge is 2.29. The van der Waals surface area contributed by atoms with Crippen LogP contribution in [0.5, 0.6) is 5.75 Å². The van der Waals surface area contributed by atoms with Crippen LogP contribution in [0.4, 0.5) is 13.2 Å².